The van der Waals surface area contributed by atoms with E-state index < -0.39 is 0 Å². The van der Waals surface area contributed by atoms with E-state index in [9.17, 15) is 4.39 Å². The lowest BCUT2D eigenvalue weighted by atomic mass is 10.1. The Morgan fingerprint density at radius 3 is 2.34 bits per heavy atom. The van der Waals surface area contributed by atoms with Gasteiger partial charge in [0.05, 0.1) is 11.2 Å². The summed E-state index contributed by atoms with van der Waals surface area (Å²) in [6.07, 6.45) is 11.5. The van der Waals surface area contributed by atoms with Crippen molar-refractivity contribution in [1.29, 1.82) is 0 Å². The zero-order valence-corrected chi connectivity index (χ0v) is 20.3. The van der Waals surface area contributed by atoms with Crippen molar-refractivity contribution in [3.63, 3.8) is 0 Å². The molecule has 180 valence electrons. The normalized spacial score (nSPS) is 16.8. The molecule has 0 amide bonds. The summed E-state index contributed by atoms with van der Waals surface area (Å²) in [6, 6.07) is 12.6. The van der Waals surface area contributed by atoms with Crippen LogP contribution in [0.2, 0.25) is 5.02 Å². The smallest absolute Gasteiger partial charge is 0.230 e. The van der Waals surface area contributed by atoms with Crippen LogP contribution in [0.1, 0.15) is 44.9 Å². The number of fused-ring (bicyclic) bond motifs is 1. The van der Waals surface area contributed by atoms with Crippen LogP contribution in [0.5, 0.6) is 0 Å². The molecule has 1 saturated carbocycles. The second-order valence-electron chi connectivity index (χ2n) is 9.44. The number of halogens is 2. The molecule has 1 aliphatic carbocycles. The molecule has 0 N–H and O–H groups in total. The fourth-order valence-corrected chi connectivity index (χ4v) is 5.70. The molecule has 4 aromatic rings. The van der Waals surface area contributed by atoms with Gasteiger partial charge in [0.15, 0.2) is 0 Å². The molecule has 1 aliphatic heterocycles. The van der Waals surface area contributed by atoms with Crippen molar-refractivity contribution in [3.05, 3.63) is 65.7 Å². The second kappa shape index (κ2) is 9.46. The van der Waals surface area contributed by atoms with Gasteiger partial charge in [-0.25, -0.2) is 18.9 Å². The van der Waals surface area contributed by atoms with Crippen molar-refractivity contribution < 1.29 is 4.39 Å². The monoisotopic (exact) mass is 490 g/mol. The van der Waals surface area contributed by atoms with Gasteiger partial charge in [-0.3, -0.25) is 0 Å². The van der Waals surface area contributed by atoms with E-state index in [1.165, 1.54) is 31.4 Å². The Bertz CT molecular complexity index is 1310. The first-order valence-electron chi connectivity index (χ1n) is 12.5. The largest absolute Gasteiger partial charge is 0.357 e. The number of hydrogen-bond acceptors (Lipinski definition) is 5. The Kier molecular flexibility index (Phi) is 6.02. The molecule has 6 rings (SSSR count). The maximum atomic E-state index is 13.9. The standard InChI is InChI=1S/C27H28ClFN6/c28-20-17-23-26(34(22-7-2-3-8-22)27-30-13-6-14-31-27)25(19-9-11-21(29)12-10-19)32-35(23)24(18-20)33-15-4-1-5-16-33/h6,9-14,17-18,22H,1-5,7-8,15-16H2. The van der Waals surface area contributed by atoms with Gasteiger partial charge < -0.3 is 9.80 Å². The molecule has 2 fully saturated rings. The summed E-state index contributed by atoms with van der Waals surface area (Å²) in [5, 5.41) is 5.81. The number of piperidine rings is 1. The average Bonchev–Trinajstić information content (AvgIpc) is 3.55. The summed E-state index contributed by atoms with van der Waals surface area (Å²) in [7, 11) is 0. The van der Waals surface area contributed by atoms with Gasteiger partial charge in [-0.2, -0.15) is 5.10 Å². The molecule has 0 atom stereocenters. The van der Waals surface area contributed by atoms with Gasteiger partial charge in [0.25, 0.3) is 0 Å². The fourth-order valence-electron chi connectivity index (χ4n) is 5.50. The van der Waals surface area contributed by atoms with Gasteiger partial charge in [-0.15, -0.1) is 0 Å². The highest BCUT2D eigenvalue weighted by Gasteiger charge is 2.32. The van der Waals surface area contributed by atoms with Gasteiger partial charge in [0.1, 0.15) is 17.3 Å². The van der Waals surface area contributed by atoms with Gasteiger partial charge in [0.2, 0.25) is 5.95 Å². The highest BCUT2D eigenvalue weighted by molar-refractivity contribution is 6.31. The van der Waals surface area contributed by atoms with Crippen LogP contribution >= 0.6 is 11.6 Å². The minimum absolute atomic E-state index is 0.252. The van der Waals surface area contributed by atoms with Crippen molar-refractivity contribution in [2.24, 2.45) is 0 Å². The van der Waals surface area contributed by atoms with Crippen molar-refractivity contribution in [1.82, 2.24) is 19.6 Å². The van der Waals surface area contributed by atoms with Crippen LogP contribution < -0.4 is 9.80 Å². The number of aromatic nitrogens is 4. The molecule has 1 saturated heterocycles. The number of hydrogen-bond donors (Lipinski definition) is 0. The van der Waals surface area contributed by atoms with Crippen molar-refractivity contribution in [3.8, 4) is 11.3 Å². The molecule has 0 spiro atoms. The first kappa shape index (κ1) is 22.3. The second-order valence-corrected chi connectivity index (χ2v) is 9.87. The van der Waals surface area contributed by atoms with Crippen LogP contribution in [0.25, 0.3) is 16.8 Å². The van der Waals surface area contributed by atoms with Crippen LogP contribution in [0.4, 0.5) is 21.8 Å². The van der Waals surface area contributed by atoms with E-state index in [1.54, 1.807) is 24.5 Å². The average molecular weight is 491 g/mol. The Balaban J connectivity index is 1.63. The molecule has 1 aromatic carbocycles. The third kappa shape index (κ3) is 4.22. The van der Waals surface area contributed by atoms with E-state index in [-0.39, 0.29) is 11.9 Å². The SMILES string of the molecule is Fc1ccc(-c2nn3c(N4CCCCC4)cc(Cl)cc3c2N(c2ncccn2)C2CCCC2)cc1. The molecule has 0 unspecified atom stereocenters. The van der Waals surface area contributed by atoms with Crippen molar-refractivity contribution >= 4 is 34.6 Å². The van der Waals surface area contributed by atoms with Gasteiger partial charge in [0, 0.05) is 42.1 Å². The number of rotatable bonds is 5. The third-order valence-electron chi connectivity index (χ3n) is 7.15. The highest BCUT2D eigenvalue weighted by atomic mass is 35.5. The summed E-state index contributed by atoms with van der Waals surface area (Å²) in [6.45, 7) is 1.95. The minimum atomic E-state index is -0.268. The summed E-state index contributed by atoms with van der Waals surface area (Å²) >= 11 is 6.73. The van der Waals surface area contributed by atoms with Crippen LogP contribution in [0.3, 0.4) is 0 Å². The van der Waals surface area contributed by atoms with E-state index in [0.29, 0.717) is 11.0 Å². The third-order valence-corrected chi connectivity index (χ3v) is 7.37. The molecule has 6 nitrogen and oxygen atoms in total. The van der Waals surface area contributed by atoms with Crippen LogP contribution in [0.15, 0.2) is 54.9 Å². The summed E-state index contributed by atoms with van der Waals surface area (Å²) in [5.41, 5.74) is 3.47. The Labute approximate surface area is 209 Å². The van der Waals surface area contributed by atoms with E-state index in [4.69, 9.17) is 16.7 Å². The minimum Gasteiger partial charge on any atom is -0.357 e. The molecule has 35 heavy (non-hydrogen) atoms. The number of benzene rings is 1. The molecule has 0 radical (unpaired) electrons. The van der Waals surface area contributed by atoms with E-state index in [0.717, 1.165) is 67.1 Å². The lowest BCUT2D eigenvalue weighted by Crippen LogP contribution is -2.31. The molecular formula is C27H28ClFN6. The quantitative estimate of drug-likeness (QED) is 0.313. The maximum absolute atomic E-state index is 13.9. The first-order chi connectivity index (χ1) is 17.2. The van der Waals surface area contributed by atoms with Crippen molar-refractivity contribution in [2.75, 3.05) is 22.9 Å². The van der Waals surface area contributed by atoms with Gasteiger partial charge >= 0.3 is 0 Å². The van der Waals surface area contributed by atoms with Crippen LogP contribution in [-0.2, 0) is 0 Å². The molecular weight excluding hydrogens is 463 g/mol. The lowest BCUT2D eigenvalue weighted by Gasteiger charge is -2.30. The summed E-state index contributed by atoms with van der Waals surface area (Å²) < 4.78 is 15.9. The first-order valence-corrected chi connectivity index (χ1v) is 12.9. The maximum Gasteiger partial charge on any atom is 0.230 e. The molecule has 3 aromatic heterocycles. The zero-order valence-electron chi connectivity index (χ0n) is 19.6. The summed E-state index contributed by atoms with van der Waals surface area (Å²) in [5.74, 6) is 1.37. The topological polar surface area (TPSA) is 49.6 Å². The molecule has 2 aliphatic rings. The van der Waals surface area contributed by atoms with Crippen LogP contribution in [-0.4, -0.2) is 38.7 Å². The molecule has 0 bridgehead atoms. The Morgan fingerprint density at radius 2 is 1.63 bits per heavy atom. The van der Waals surface area contributed by atoms with Gasteiger partial charge in [-0.1, -0.05) is 24.4 Å². The highest BCUT2D eigenvalue weighted by Crippen LogP contribution is 2.43. The Hall–Kier alpha value is -3.19. The van der Waals surface area contributed by atoms with Gasteiger partial charge in [-0.05, 0) is 74.6 Å². The zero-order chi connectivity index (χ0) is 23.8. The predicted octanol–water partition coefficient (Wildman–Crippen LogP) is 6.65. The molecule has 8 heteroatoms. The molecule has 4 heterocycles. The predicted molar refractivity (Wildman–Crippen MR) is 138 cm³/mol. The lowest BCUT2D eigenvalue weighted by molar-refractivity contribution is 0.569. The fraction of sp³-hybridized carbons (Fsp3) is 0.370. The van der Waals surface area contributed by atoms with Crippen molar-refractivity contribution in [2.45, 2.75) is 51.0 Å². The number of nitrogens with zero attached hydrogens (tertiary/aromatic N) is 6. The van der Waals surface area contributed by atoms with Crippen LogP contribution in [0, 0.1) is 5.82 Å². The van der Waals surface area contributed by atoms with E-state index in [2.05, 4.69) is 19.8 Å². The number of pyridine rings is 1. The number of anilines is 3. The summed E-state index contributed by atoms with van der Waals surface area (Å²) in [4.78, 5) is 13.9. The Morgan fingerprint density at radius 1 is 0.914 bits per heavy atom. The van der Waals surface area contributed by atoms with E-state index in [1.807, 2.05) is 22.7 Å². The van der Waals surface area contributed by atoms with E-state index >= 15 is 0 Å².